The third-order valence-electron chi connectivity index (χ3n) is 4.56. The minimum absolute atomic E-state index is 0.290. The minimum Gasteiger partial charge on any atom is -0.413 e. The summed E-state index contributed by atoms with van der Waals surface area (Å²) in [5, 5.41) is 3.88. The van der Waals surface area contributed by atoms with Crippen molar-refractivity contribution in [1.82, 2.24) is 5.32 Å². The van der Waals surface area contributed by atoms with Gasteiger partial charge in [0.05, 0.1) is 6.10 Å². The number of rotatable bonds is 3. The zero-order valence-corrected chi connectivity index (χ0v) is 13.9. The Bertz CT molecular complexity index is 411. The third kappa shape index (κ3) is 3.47. The van der Waals surface area contributed by atoms with E-state index >= 15 is 0 Å². The molecule has 2 atom stereocenters. The van der Waals surface area contributed by atoms with E-state index in [0.717, 1.165) is 13.0 Å². The molecule has 1 fully saturated rings. The first-order valence-corrected chi connectivity index (χ1v) is 10.2. The summed E-state index contributed by atoms with van der Waals surface area (Å²) in [6, 6.07) is 11.1. The zero-order chi connectivity index (χ0) is 14.1. The predicted molar refractivity (Wildman–Crippen MR) is 83.9 cm³/mol. The van der Waals surface area contributed by atoms with Crippen molar-refractivity contribution >= 4 is 8.32 Å². The zero-order valence-electron chi connectivity index (χ0n) is 12.9. The molecule has 1 aliphatic rings. The monoisotopic (exact) mass is 277 g/mol. The molecule has 0 radical (unpaired) electrons. The molecule has 1 heterocycles. The van der Waals surface area contributed by atoms with Crippen LogP contribution in [0.1, 0.15) is 38.8 Å². The second kappa shape index (κ2) is 5.39. The summed E-state index contributed by atoms with van der Waals surface area (Å²) in [5.74, 6) is 0. The molecular formula is C16H27NOSi. The van der Waals surface area contributed by atoms with Crippen molar-refractivity contribution in [3.63, 3.8) is 0 Å². The Balaban J connectivity index is 1.96. The van der Waals surface area contributed by atoms with Crippen LogP contribution in [-0.2, 0) is 4.43 Å². The van der Waals surface area contributed by atoms with Gasteiger partial charge < -0.3 is 9.74 Å². The second-order valence-corrected chi connectivity index (χ2v) is 11.9. The Hall–Kier alpha value is -0.643. The number of benzene rings is 1. The van der Waals surface area contributed by atoms with Gasteiger partial charge in [0.2, 0.25) is 0 Å². The Morgan fingerprint density at radius 2 is 1.79 bits per heavy atom. The summed E-state index contributed by atoms with van der Waals surface area (Å²) < 4.78 is 6.49. The summed E-state index contributed by atoms with van der Waals surface area (Å²) in [6.07, 6.45) is 1.46. The molecule has 1 aromatic carbocycles. The molecule has 19 heavy (non-hydrogen) atoms. The SMILES string of the molecule is CC(C)(C)[Si](C)(C)O[C@H]1CN[C@@H](c2ccccc2)C1. The lowest BCUT2D eigenvalue weighted by Crippen LogP contribution is -2.44. The largest absolute Gasteiger partial charge is 0.413 e. The van der Waals surface area contributed by atoms with E-state index in [-0.39, 0.29) is 5.04 Å². The molecule has 0 saturated carbocycles. The summed E-state index contributed by atoms with van der Waals surface area (Å²) >= 11 is 0. The van der Waals surface area contributed by atoms with Crippen LogP contribution in [0.4, 0.5) is 0 Å². The highest BCUT2D eigenvalue weighted by Gasteiger charge is 2.40. The van der Waals surface area contributed by atoms with Gasteiger partial charge in [-0.1, -0.05) is 51.1 Å². The first-order chi connectivity index (χ1) is 8.79. The van der Waals surface area contributed by atoms with Gasteiger partial charge in [-0.3, -0.25) is 0 Å². The molecule has 0 aromatic heterocycles. The van der Waals surface area contributed by atoms with E-state index in [1.807, 2.05) is 0 Å². The Morgan fingerprint density at radius 1 is 1.16 bits per heavy atom. The molecule has 0 aliphatic carbocycles. The van der Waals surface area contributed by atoms with Crippen molar-refractivity contribution in [3.8, 4) is 0 Å². The lowest BCUT2D eigenvalue weighted by Gasteiger charge is -2.38. The topological polar surface area (TPSA) is 21.3 Å². The van der Waals surface area contributed by atoms with Gasteiger partial charge >= 0.3 is 0 Å². The first kappa shape index (κ1) is 14.8. The van der Waals surface area contributed by atoms with Crippen LogP contribution in [-0.4, -0.2) is 21.0 Å². The van der Waals surface area contributed by atoms with Crippen LogP contribution in [0.25, 0.3) is 0 Å². The van der Waals surface area contributed by atoms with Crippen LogP contribution >= 0.6 is 0 Å². The summed E-state index contributed by atoms with van der Waals surface area (Å²) in [7, 11) is -1.64. The predicted octanol–water partition coefficient (Wildman–Crippen LogP) is 4.11. The van der Waals surface area contributed by atoms with Gasteiger partial charge in [0.1, 0.15) is 0 Å². The van der Waals surface area contributed by atoms with Gasteiger partial charge in [-0.15, -0.1) is 0 Å². The second-order valence-electron chi connectivity index (χ2n) is 7.11. The van der Waals surface area contributed by atoms with Gasteiger partial charge in [0, 0.05) is 12.6 Å². The van der Waals surface area contributed by atoms with Crippen molar-refractivity contribution in [2.24, 2.45) is 0 Å². The average molecular weight is 277 g/mol. The quantitative estimate of drug-likeness (QED) is 0.840. The summed E-state index contributed by atoms with van der Waals surface area (Å²) in [4.78, 5) is 0. The highest BCUT2D eigenvalue weighted by Crippen LogP contribution is 2.39. The van der Waals surface area contributed by atoms with Gasteiger partial charge in [0.25, 0.3) is 0 Å². The van der Waals surface area contributed by atoms with Crippen LogP contribution in [0.2, 0.25) is 18.1 Å². The van der Waals surface area contributed by atoms with E-state index in [1.54, 1.807) is 0 Å². The van der Waals surface area contributed by atoms with Crippen molar-refractivity contribution in [1.29, 1.82) is 0 Å². The fourth-order valence-corrected chi connectivity index (χ4v) is 3.69. The lowest BCUT2D eigenvalue weighted by atomic mass is 10.1. The maximum Gasteiger partial charge on any atom is 0.192 e. The molecular weight excluding hydrogens is 250 g/mol. The van der Waals surface area contributed by atoms with E-state index in [9.17, 15) is 0 Å². The van der Waals surface area contributed by atoms with Crippen molar-refractivity contribution < 1.29 is 4.43 Å². The third-order valence-corrected chi connectivity index (χ3v) is 9.09. The fraction of sp³-hybridized carbons (Fsp3) is 0.625. The molecule has 0 unspecified atom stereocenters. The van der Waals surface area contributed by atoms with Crippen molar-refractivity contribution in [2.75, 3.05) is 6.54 Å². The summed E-state index contributed by atoms with van der Waals surface area (Å²) in [5.41, 5.74) is 1.38. The van der Waals surface area contributed by atoms with E-state index in [2.05, 4.69) is 69.5 Å². The maximum absolute atomic E-state index is 6.49. The highest BCUT2D eigenvalue weighted by atomic mass is 28.4. The Kier molecular flexibility index (Phi) is 4.19. The normalized spacial score (nSPS) is 24.7. The van der Waals surface area contributed by atoms with E-state index in [1.165, 1.54) is 5.56 Å². The molecule has 0 amide bonds. The van der Waals surface area contributed by atoms with Crippen LogP contribution in [0.15, 0.2) is 30.3 Å². The number of hydrogen-bond donors (Lipinski definition) is 1. The van der Waals surface area contributed by atoms with Crippen molar-refractivity contribution in [3.05, 3.63) is 35.9 Å². The average Bonchev–Trinajstić information content (AvgIpc) is 2.76. The van der Waals surface area contributed by atoms with E-state index in [0.29, 0.717) is 12.1 Å². The molecule has 1 aromatic rings. The van der Waals surface area contributed by atoms with Gasteiger partial charge in [-0.05, 0) is 30.1 Å². The maximum atomic E-state index is 6.49. The molecule has 3 heteroatoms. The number of hydrogen-bond acceptors (Lipinski definition) is 2. The summed E-state index contributed by atoms with van der Waals surface area (Å²) in [6.45, 7) is 12.6. The molecule has 2 nitrogen and oxygen atoms in total. The molecule has 2 rings (SSSR count). The molecule has 1 aliphatic heterocycles. The van der Waals surface area contributed by atoms with Crippen molar-refractivity contribution in [2.45, 2.75) is 57.5 Å². The van der Waals surface area contributed by atoms with E-state index in [4.69, 9.17) is 4.43 Å². The molecule has 0 spiro atoms. The molecule has 0 bridgehead atoms. The minimum atomic E-state index is -1.64. The first-order valence-electron chi connectivity index (χ1n) is 7.26. The van der Waals surface area contributed by atoms with Gasteiger partial charge in [-0.2, -0.15) is 0 Å². The fourth-order valence-electron chi connectivity index (χ4n) is 2.33. The standard InChI is InChI=1S/C16H27NOSi/c1-16(2,3)19(4,5)18-14-11-15(17-12-14)13-9-7-6-8-10-13/h6-10,14-15,17H,11-12H2,1-5H3/t14-,15-/m1/s1. The Labute approximate surface area is 118 Å². The smallest absolute Gasteiger partial charge is 0.192 e. The van der Waals surface area contributed by atoms with Crippen LogP contribution in [0, 0.1) is 0 Å². The lowest BCUT2D eigenvalue weighted by molar-refractivity contribution is 0.197. The number of nitrogens with one attached hydrogen (secondary N) is 1. The van der Waals surface area contributed by atoms with Gasteiger partial charge in [-0.25, -0.2) is 0 Å². The van der Waals surface area contributed by atoms with Crippen LogP contribution < -0.4 is 5.32 Å². The molecule has 1 N–H and O–H groups in total. The Morgan fingerprint density at radius 3 is 2.37 bits per heavy atom. The molecule has 1 saturated heterocycles. The highest BCUT2D eigenvalue weighted by molar-refractivity contribution is 6.74. The van der Waals surface area contributed by atoms with Gasteiger partial charge in [0.15, 0.2) is 8.32 Å². The van der Waals surface area contributed by atoms with Crippen LogP contribution in [0.3, 0.4) is 0 Å². The molecule has 106 valence electrons. The van der Waals surface area contributed by atoms with E-state index < -0.39 is 8.32 Å². The van der Waals surface area contributed by atoms with Crippen LogP contribution in [0.5, 0.6) is 0 Å².